The molecular formula is C17H13ClN2O2. The summed E-state index contributed by atoms with van der Waals surface area (Å²) in [7, 11) is 1.61. The summed E-state index contributed by atoms with van der Waals surface area (Å²) in [6.07, 6.45) is 1.72. The summed E-state index contributed by atoms with van der Waals surface area (Å²) in [6.45, 7) is 0. The van der Waals surface area contributed by atoms with Crippen molar-refractivity contribution in [2.45, 2.75) is 0 Å². The van der Waals surface area contributed by atoms with Gasteiger partial charge in [-0.1, -0.05) is 35.9 Å². The Hall–Kier alpha value is -2.59. The molecule has 1 amide bonds. The normalized spacial score (nSPS) is 15.6. The molecule has 110 valence electrons. The summed E-state index contributed by atoms with van der Waals surface area (Å²) in [5.41, 5.74) is 1.92. The van der Waals surface area contributed by atoms with Crippen LogP contribution in [0.1, 0.15) is 11.1 Å². The predicted octanol–water partition coefficient (Wildman–Crippen LogP) is 3.27. The highest BCUT2D eigenvalue weighted by atomic mass is 35.5. The highest BCUT2D eigenvalue weighted by Crippen LogP contribution is 2.21. The fourth-order valence-electron chi connectivity index (χ4n) is 2.11. The van der Waals surface area contributed by atoms with E-state index in [0.717, 1.165) is 11.3 Å². The first-order valence-electron chi connectivity index (χ1n) is 6.68. The van der Waals surface area contributed by atoms with Crippen molar-refractivity contribution in [1.29, 1.82) is 0 Å². The number of halogens is 1. The lowest BCUT2D eigenvalue weighted by Crippen LogP contribution is -2.24. The Morgan fingerprint density at radius 1 is 1.14 bits per heavy atom. The van der Waals surface area contributed by atoms with E-state index in [1.54, 1.807) is 19.3 Å². The monoisotopic (exact) mass is 312 g/mol. The molecule has 0 aromatic heterocycles. The Morgan fingerprint density at radius 3 is 2.55 bits per heavy atom. The van der Waals surface area contributed by atoms with Crippen LogP contribution < -0.4 is 10.1 Å². The predicted molar refractivity (Wildman–Crippen MR) is 87.1 cm³/mol. The van der Waals surface area contributed by atoms with E-state index in [2.05, 4.69) is 10.3 Å². The maximum absolute atomic E-state index is 12.0. The van der Waals surface area contributed by atoms with Crippen LogP contribution in [0, 0.1) is 0 Å². The highest BCUT2D eigenvalue weighted by molar-refractivity contribution is 6.35. The van der Waals surface area contributed by atoms with Crippen LogP contribution in [0.5, 0.6) is 5.75 Å². The molecule has 2 aromatic carbocycles. The molecule has 0 atom stereocenters. The van der Waals surface area contributed by atoms with E-state index in [4.69, 9.17) is 16.3 Å². The first kappa shape index (κ1) is 14.4. The van der Waals surface area contributed by atoms with Gasteiger partial charge >= 0.3 is 0 Å². The summed E-state index contributed by atoms with van der Waals surface area (Å²) >= 11 is 6.13. The molecule has 2 aromatic rings. The van der Waals surface area contributed by atoms with E-state index in [-0.39, 0.29) is 5.91 Å². The van der Waals surface area contributed by atoms with E-state index >= 15 is 0 Å². The molecule has 1 N–H and O–H groups in total. The van der Waals surface area contributed by atoms with Gasteiger partial charge in [0.15, 0.2) is 0 Å². The molecule has 3 rings (SSSR count). The van der Waals surface area contributed by atoms with Crippen molar-refractivity contribution in [3.8, 4) is 5.75 Å². The number of carbonyl (C=O) groups excluding carboxylic acids is 1. The number of amidine groups is 1. The first-order chi connectivity index (χ1) is 10.7. The van der Waals surface area contributed by atoms with Crippen LogP contribution >= 0.6 is 11.6 Å². The second-order valence-corrected chi connectivity index (χ2v) is 5.10. The minimum atomic E-state index is -0.245. The van der Waals surface area contributed by atoms with Gasteiger partial charge in [0.1, 0.15) is 17.3 Å². The number of ether oxygens (including phenoxy) is 1. The van der Waals surface area contributed by atoms with Crippen LogP contribution in [0.15, 0.2) is 59.2 Å². The second-order valence-electron chi connectivity index (χ2n) is 4.70. The van der Waals surface area contributed by atoms with Crippen molar-refractivity contribution in [3.05, 3.63) is 70.4 Å². The molecule has 0 aliphatic carbocycles. The lowest BCUT2D eigenvalue weighted by atomic mass is 10.2. The summed E-state index contributed by atoms with van der Waals surface area (Å²) in [5, 5.41) is 3.29. The molecule has 22 heavy (non-hydrogen) atoms. The van der Waals surface area contributed by atoms with E-state index in [1.807, 2.05) is 42.5 Å². The standard InChI is InChI=1S/C17H13ClN2O2/c1-22-12-8-6-11(7-9-12)10-15-17(21)20-16(19-15)13-4-2-3-5-14(13)18/h2-10H,1H3,(H,19,20,21)/b15-10+. The van der Waals surface area contributed by atoms with Gasteiger partial charge in [-0.05, 0) is 35.9 Å². The Labute approximate surface area is 133 Å². The summed E-state index contributed by atoms with van der Waals surface area (Å²) < 4.78 is 5.11. The molecule has 0 fully saturated rings. The topological polar surface area (TPSA) is 50.7 Å². The number of hydrogen-bond donors (Lipinski definition) is 1. The number of rotatable bonds is 3. The minimum Gasteiger partial charge on any atom is -0.497 e. The van der Waals surface area contributed by atoms with E-state index < -0.39 is 0 Å². The average Bonchev–Trinajstić information content (AvgIpc) is 2.89. The van der Waals surface area contributed by atoms with E-state index in [0.29, 0.717) is 22.1 Å². The molecule has 0 unspecified atom stereocenters. The molecule has 5 heteroatoms. The molecule has 0 radical (unpaired) electrons. The van der Waals surface area contributed by atoms with Crippen LogP contribution in [0.4, 0.5) is 0 Å². The van der Waals surface area contributed by atoms with Gasteiger partial charge in [-0.2, -0.15) is 0 Å². The number of nitrogens with zero attached hydrogens (tertiary/aromatic N) is 1. The third-order valence-corrected chi connectivity index (χ3v) is 3.57. The van der Waals surface area contributed by atoms with Crippen LogP contribution in [-0.2, 0) is 4.79 Å². The van der Waals surface area contributed by atoms with Crippen molar-refractivity contribution in [2.75, 3.05) is 7.11 Å². The molecule has 1 heterocycles. The van der Waals surface area contributed by atoms with Gasteiger partial charge in [0.25, 0.3) is 5.91 Å². The van der Waals surface area contributed by atoms with Crippen molar-refractivity contribution >= 4 is 29.4 Å². The lowest BCUT2D eigenvalue weighted by Gasteiger charge is -2.01. The van der Waals surface area contributed by atoms with Gasteiger partial charge < -0.3 is 10.1 Å². The summed E-state index contributed by atoms with van der Waals surface area (Å²) in [5.74, 6) is 0.986. The van der Waals surface area contributed by atoms with Crippen LogP contribution in [0.3, 0.4) is 0 Å². The lowest BCUT2D eigenvalue weighted by molar-refractivity contribution is -0.115. The molecule has 0 spiro atoms. The Kier molecular flexibility index (Phi) is 3.94. The second kappa shape index (κ2) is 6.03. The molecule has 4 nitrogen and oxygen atoms in total. The van der Waals surface area contributed by atoms with Gasteiger partial charge in [0.05, 0.1) is 12.1 Å². The average molecular weight is 313 g/mol. The van der Waals surface area contributed by atoms with Crippen molar-refractivity contribution in [3.63, 3.8) is 0 Å². The zero-order chi connectivity index (χ0) is 15.5. The zero-order valence-electron chi connectivity index (χ0n) is 11.8. The number of methoxy groups -OCH3 is 1. The zero-order valence-corrected chi connectivity index (χ0v) is 12.6. The highest BCUT2D eigenvalue weighted by Gasteiger charge is 2.22. The molecule has 0 saturated heterocycles. The number of carbonyl (C=O) groups is 1. The minimum absolute atomic E-state index is 0.245. The third-order valence-electron chi connectivity index (χ3n) is 3.24. The summed E-state index contributed by atoms with van der Waals surface area (Å²) in [4.78, 5) is 16.4. The number of aliphatic imine (C=N–C) groups is 1. The maximum atomic E-state index is 12.0. The maximum Gasteiger partial charge on any atom is 0.275 e. The largest absolute Gasteiger partial charge is 0.497 e. The van der Waals surface area contributed by atoms with Gasteiger partial charge in [-0.15, -0.1) is 0 Å². The van der Waals surface area contributed by atoms with Gasteiger partial charge in [0, 0.05) is 5.56 Å². The SMILES string of the molecule is COc1ccc(/C=C2/N=C(c3ccccc3Cl)NC2=O)cc1. The number of nitrogens with one attached hydrogen (secondary N) is 1. The van der Waals surface area contributed by atoms with E-state index in [9.17, 15) is 4.79 Å². The molecule has 1 aliphatic rings. The van der Waals surface area contributed by atoms with E-state index in [1.165, 1.54) is 0 Å². The first-order valence-corrected chi connectivity index (χ1v) is 7.06. The quantitative estimate of drug-likeness (QED) is 0.884. The fraction of sp³-hybridized carbons (Fsp3) is 0.0588. The van der Waals surface area contributed by atoms with Crippen molar-refractivity contribution < 1.29 is 9.53 Å². The third kappa shape index (κ3) is 2.87. The Balaban J connectivity index is 1.92. The molecule has 0 saturated carbocycles. The van der Waals surface area contributed by atoms with Crippen LogP contribution in [0.25, 0.3) is 6.08 Å². The number of amides is 1. The van der Waals surface area contributed by atoms with Crippen molar-refractivity contribution in [1.82, 2.24) is 5.32 Å². The van der Waals surface area contributed by atoms with Gasteiger partial charge in [-0.25, -0.2) is 4.99 Å². The molecule has 0 bridgehead atoms. The van der Waals surface area contributed by atoms with Crippen LogP contribution in [-0.4, -0.2) is 18.9 Å². The molecular weight excluding hydrogens is 300 g/mol. The summed E-state index contributed by atoms with van der Waals surface area (Å²) in [6, 6.07) is 14.6. The smallest absolute Gasteiger partial charge is 0.275 e. The Bertz CT molecular complexity index is 780. The number of benzene rings is 2. The van der Waals surface area contributed by atoms with Crippen molar-refractivity contribution in [2.24, 2.45) is 4.99 Å². The number of hydrogen-bond acceptors (Lipinski definition) is 3. The fourth-order valence-corrected chi connectivity index (χ4v) is 2.33. The molecule has 1 aliphatic heterocycles. The van der Waals surface area contributed by atoms with Gasteiger partial charge in [-0.3, -0.25) is 4.79 Å². The Morgan fingerprint density at radius 2 is 1.86 bits per heavy atom. The van der Waals surface area contributed by atoms with Crippen LogP contribution in [0.2, 0.25) is 5.02 Å². The van der Waals surface area contributed by atoms with Gasteiger partial charge in [0.2, 0.25) is 0 Å².